The molecule has 4 N–H and O–H groups in total. The molecule has 1 fully saturated rings. The number of nitrogens with zero attached hydrogens (tertiary/aromatic N) is 1. The summed E-state index contributed by atoms with van der Waals surface area (Å²) in [6.45, 7) is 11.0. The molecule has 1 aliphatic rings. The van der Waals surface area contributed by atoms with Gasteiger partial charge in [-0.1, -0.05) is 75.7 Å². The van der Waals surface area contributed by atoms with Gasteiger partial charge in [0.05, 0.1) is 23.5 Å². The van der Waals surface area contributed by atoms with Gasteiger partial charge in [-0.15, -0.1) is 0 Å². The Morgan fingerprint density at radius 2 is 1.59 bits per heavy atom. The van der Waals surface area contributed by atoms with Gasteiger partial charge in [0.2, 0.25) is 21.8 Å². The summed E-state index contributed by atoms with van der Waals surface area (Å²) in [6, 6.07) is 14.5. The summed E-state index contributed by atoms with van der Waals surface area (Å²) < 4.78 is 29.0. The Labute approximate surface area is 245 Å². The first-order valence-electron chi connectivity index (χ1n) is 14.5. The third kappa shape index (κ3) is 10.5. The van der Waals surface area contributed by atoms with Crippen molar-refractivity contribution in [3.63, 3.8) is 0 Å². The lowest BCUT2D eigenvalue weighted by molar-refractivity contribution is -0.129. The quantitative estimate of drug-likeness (QED) is 0.270. The van der Waals surface area contributed by atoms with Crippen LogP contribution in [0.15, 0.2) is 59.5 Å². The molecule has 3 rings (SSSR count). The number of amides is 2. The number of nitrogens with one attached hydrogen (secondary N) is 3. The minimum absolute atomic E-state index is 0.172. The average Bonchev–Trinajstić information content (AvgIpc) is 3.21. The summed E-state index contributed by atoms with van der Waals surface area (Å²) in [7, 11) is -3.72. The van der Waals surface area contributed by atoms with Crippen LogP contribution in [-0.4, -0.2) is 74.1 Å². The van der Waals surface area contributed by atoms with Crippen LogP contribution >= 0.6 is 0 Å². The normalized spacial score (nSPS) is 19.3. The highest BCUT2D eigenvalue weighted by Crippen LogP contribution is 2.18. The van der Waals surface area contributed by atoms with Crippen LogP contribution < -0.4 is 15.4 Å². The molecule has 226 valence electrons. The van der Waals surface area contributed by atoms with Gasteiger partial charge < -0.3 is 15.7 Å². The summed E-state index contributed by atoms with van der Waals surface area (Å²) in [6.07, 6.45) is 0.458. The predicted molar refractivity (Wildman–Crippen MR) is 161 cm³/mol. The molecule has 2 amide bonds. The fourth-order valence-corrected chi connectivity index (χ4v) is 6.46. The lowest BCUT2D eigenvalue weighted by atomic mass is 10.0. The first kappa shape index (κ1) is 32.7. The first-order chi connectivity index (χ1) is 19.3. The number of likely N-dealkylation sites (tertiary alicyclic amines) is 1. The molecular formula is C31H46N4O5S. The van der Waals surface area contributed by atoms with Gasteiger partial charge in [0.15, 0.2) is 0 Å². The molecule has 0 spiro atoms. The Hall–Kier alpha value is -2.79. The molecule has 1 heterocycles. The summed E-state index contributed by atoms with van der Waals surface area (Å²) in [4.78, 5) is 28.2. The molecule has 0 aliphatic carbocycles. The zero-order chi connectivity index (χ0) is 30.2. The zero-order valence-electron chi connectivity index (χ0n) is 24.8. The summed E-state index contributed by atoms with van der Waals surface area (Å²) >= 11 is 0. The maximum atomic E-state index is 13.3. The Bertz CT molecular complexity index is 1230. The molecule has 1 aliphatic heterocycles. The largest absolute Gasteiger partial charge is 0.390 e. The second-order valence-corrected chi connectivity index (χ2v) is 13.8. The highest BCUT2D eigenvalue weighted by molar-refractivity contribution is 7.89. The average molecular weight is 587 g/mol. The molecule has 2 aromatic rings. The van der Waals surface area contributed by atoms with E-state index < -0.39 is 28.2 Å². The molecule has 0 bridgehead atoms. The number of benzene rings is 2. The maximum absolute atomic E-state index is 13.3. The Kier molecular flexibility index (Phi) is 11.9. The van der Waals surface area contributed by atoms with E-state index in [1.54, 1.807) is 24.3 Å². The molecule has 2 unspecified atom stereocenters. The minimum atomic E-state index is -3.72. The van der Waals surface area contributed by atoms with Crippen molar-refractivity contribution in [1.82, 2.24) is 20.3 Å². The molecule has 1 saturated heterocycles. The van der Waals surface area contributed by atoms with Crippen LogP contribution in [0.4, 0.5) is 0 Å². The van der Waals surface area contributed by atoms with Crippen LogP contribution in [0.5, 0.6) is 0 Å². The van der Waals surface area contributed by atoms with Crippen molar-refractivity contribution >= 4 is 21.8 Å². The lowest BCUT2D eigenvalue weighted by Crippen LogP contribution is -2.53. The number of aliphatic hydroxyl groups is 1. The van der Waals surface area contributed by atoms with E-state index in [1.165, 1.54) is 0 Å². The number of hydrogen-bond donors (Lipinski definition) is 4. The second-order valence-electron chi connectivity index (χ2n) is 12.1. The fraction of sp³-hybridized carbons (Fsp3) is 0.548. The Morgan fingerprint density at radius 1 is 0.951 bits per heavy atom. The Balaban J connectivity index is 1.62. The van der Waals surface area contributed by atoms with E-state index in [2.05, 4.69) is 15.4 Å². The molecular weight excluding hydrogens is 540 g/mol. The van der Waals surface area contributed by atoms with Gasteiger partial charge in [-0.3, -0.25) is 14.5 Å². The number of rotatable bonds is 14. The lowest BCUT2D eigenvalue weighted by Gasteiger charge is -2.26. The highest BCUT2D eigenvalue weighted by Gasteiger charge is 2.36. The van der Waals surface area contributed by atoms with Gasteiger partial charge in [-0.25, -0.2) is 13.1 Å². The first-order valence-corrected chi connectivity index (χ1v) is 15.9. The number of β-amino-alcohol motifs (C(OH)–C–C–N with tert-alkyl or cyclic N) is 1. The highest BCUT2D eigenvalue weighted by atomic mass is 32.2. The van der Waals surface area contributed by atoms with Crippen molar-refractivity contribution in [1.29, 1.82) is 0 Å². The number of carbonyl (C=O) groups excluding carboxylic acids is 2. The van der Waals surface area contributed by atoms with E-state index in [0.29, 0.717) is 32.5 Å². The number of carbonyl (C=O) groups is 2. The standard InChI is InChI=1S/C31H46N4O5S/c1-21(2)15-25(34-41(39,40)26-13-11-23(5)12-14-26)18-35-19-28(29(36)20-35)33-31(38)27(16-22(3)4)32-30(37)17-24-9-7-6-8-10-24/h6-14,21-22,25,27-29,34,36H,15-20H2,1-5H3,(H,32,37)(H,33,38)/t25-,27-,28?,29?/m0/s1. The van der Waals surface area contributed by atoms with Crippen molar-refractivity contribution in [2.45, 2.75) is 83.0 Å². The SMILES string of the molecule is Cc1ccc(S(=O)(=O)N[C@@H](CC(C)C)CN2CC(O)C(NC(=O)[C@H](CC(C)C)NC(=O)Cc3ccccc3)C2)cc1. The van der Waals surface area contributed by atoms with Crippen molar-refractivity contribution in [2.24, 2.45) is 11.8 Å². The fourth-order valence-electron chi connectivity index (χ4n) is 5.22. The zero-order valence-corrected chi connectivity index (χ0v) is 25.7. The summed E-state index contributed by atoms with van der Waals surface area (Å²) in [5.41, 5.74) is 1.85. The van der Waals surface area contributed by atoms with Gasteiger partial charge in [0, 0.05) is 25.7 Å². The molecule has 0 saturated carbocycles. The van der Waals surface area contributed by atoms with Gasteiger partial charge in [-0.05, 0) is 49.3 Å². The van der Waals surface area contributed by atoms with Gasteiger partial charge in [0.1, 0.15) is 6.04 Å². The maximum Gasteiger partial charge on any atom is 0.242 e. The summed E-state index contributed by atoms with van der Waals surface area (Å²) in [5.74, 6) is -0.140. The van der Waals surface area contributed by atoms with Crippen LogP contribution in [0, 0.1) is 18.8 Å². The van der Waals surface area contributed by atoms with Crippen LogP contribution in [0.2, 0.25) is 0 Å². The predicted octanol–water partition coefficient (Wildman–Crippen LogP) is 2.62. The monoisotopic (exact) mass is 586 g/mol. The third-order valence-corrected chi connectivity index (χ3v) is 8.68. The van der Waals surface area contributed by atoms with Crippen molar-refractivity contribution in [3.8, 4) is 0 Å². The number of aliphatic hydroxyl groups excluding tert-OH is 1. The molecule has 41 heavy (non-hydrogen) atoms. The van der Waals surface area contributed by atoms with E-state index in [1.807, 2.05) is 69.9 Å². The van der Waals surface area contributed by atoms with Gasteiger partial charge in [0.25, 0.3) is 0 Å². The molecule has 10 heteroatoms. The van der Waals surface area contributed by atoms with E-state index in [4.69, 9.17) is 0 Å². The van der Waals surface area contributed by atoms with E-state index in [9.17, 15) is 23.1 Å². The van der Waals surface area contributed by atoms with E-state index in [0.717, 1.165) is 11.1 Å². The van der Waals surface area contributed by atoms with Gasteiger partial charge in [-0.2, -0.15) is 0 Å². The van der Waals surface area contributed by atoms with Crippen molar-refractivity contribution < 1.29 is 23.1 Å². The summed E-state index contributed by atoms with van der Waals surface area (Å²) in [5, 5.41) is 16.6. The topological polar surface area (TPSA) is 128 Å². The van der Waals surface area contributed by atoms with Crippen LogP contribution in [0.25, 0.3) is 0 Å². The Morgan fingerprint density at radius 3 is 2.20 bits per heavy atom. The van der Waals surface area contributed by atoms with Crippen molar-refractivity contribution in [2.75, 3.05) is 19.6 Å². The molecule has 0 radical (unpaired) electrons. The van der Waals surface area contributed by atoms with Crippen LogP contribution in [0.3, 0.4) is 0 Å². The molecule has 9 nitrogen and oxygen atoms in total. The van der Waals surface area contributed by atoms with E-state index >= 15 is 0 Å². The second kappa shape index (κ2) is 14.9. The van der Waals surface area contributed by atoms with Gasteiger partial charge >= 0.3 is 0 Å². The molecule has 0 aromatic heterocycles. The van der Waals surface area contributed by atoms with Crippen LogP contribution in [0.1, 0.15) is 51.7 Å². The van der Waals surface area contributed by atoms with Crippen molar-refractivity contribution in [3.05, 3.63) is 65.7 Å². The number of hydrogen-bond acceptors (Lipinski definition) is 6. The minimum Gasteiger partial charge on any atom is -0.390 e. The molecule has 4 atom stereocenters. The number of sulfonamides is 1. The third-order valence-electron chi connectivity index (χ3n) is 7.15. The smallest absolute Gasteiger partial charge is 0.242 e. The number of aryl methyl sites for hydroxylation is 1. The molecule has 2 aromatic carbocycles. The van der Waals surface area contributed by atoms with Crippen LogP contribution in [-0.2, 0) is 26.0 Å². The van der Waals surface area contributed by atoms with E-state index in [-0.39, 0.29) is 41.0 Å².